The summed E-state index contributed by atoms with van der Waals surface area (Å²) in [6, 6.07) is -0.930. The lowest BCUT2D eigenvalue weighted by Crippen LogP contribution is -2.65. The predicted molar refractivity (Wildman–Crippen MR) is 226 cm³/mol. The minimum atomic E-state index is -1.79. The van der Waals surface area contributed by atoms with E-state index in [9.17, 15) is 45.6 Å². The summed E-state index contributed by atoms with van der Waals surface area (Å²) in [5.41, 5.74) is 0. The maximum atomic E-state index is 12.5. The van der Waals surface area contributed by atoms with Crippen LogP contribution in [0.2, 0.25) is 0 Å². The van der Waals surface area contributed by atoms with E-state index in [1.54, 1.807) is 6.08 Å². The molecule has 2 aliphatic heterocycles. The molecule has 14 nitrogen and oxygen atoms in total. The molecule has 0 saturated carbocycles. The molecule has 12 atom stereocenters. The van der Waals surface area contributed by atoms with Crippen LogP contribution in [-0.2, 0) is 23.7 Å². The average molecular weight is 844 g/mol. The molecule has 2 saturated heterocycles. The second kappa shape index (κ2) is 32.9. The Kier molecular flexibility index (Phi) is 29.7. The Balaban J connectivity index is 1.68. The van der Waals surface area contributed by atoms with Crippen LogP contribution in [0.4, 0.5) is 0 Å². The third kappa shape index (κ3) is 21.2. The number of aliphatic hydroxyl groups excluding tert-OH is 8. The van der Waals surface area contributed by atoms with Crippen LogP contribution in [0.1, 0.15) is 149 Å². The number of carbonyl (C=O) groups is 1. The van der Waals surface area contributed by atoms with E-state index in [0.717, 1.165) is 25.7 Å². The quantitative estimate of drug-likeness (QED) is 0.0331. The number of amides is 1. The van der Waals surface area contributed by atoms with Crippen molar-refractivity contribution in [3.05, 3.63) is 36.5 Å². The molecule has 0 aromatic carbocycles. The van der Waals surface area contributed by atoms with Crippen LogP contribution in [0.25, 0.3) is 0 Å². The molecule has 0 aromatic rings. The molecule has 2 heterocycles. The number of unbranched alkanes of at least 4 members (excludes halogenated alkanes) is 16. The third-order valence-corrected chi connectivity index (χ3v) is 11.0. The van der Waals surface area contributed by atoms with E-state index in [2.05, 4.69) is 36.5 Å². The fourth-order valence-corrected chi connectivity index (χ4v) is 7.31. The molecule has 59 heavy (non-hydrogen) atoms. The highest BCUT2D eigenvalue weighted by Gasteiger charge is 2.50. The molecular weight excluding hydrogens is 762 g/mol. The van der Waals surface area contributed by atoms with Crippen LogP contribution in [0.5, 0.6) is 0 Å². The fourth-order valence-electron chi connectivity index (χ4n) is 7.31. The summed E-state index contributed by atoms with van der Waals surface area (Å²) in [4.78, 5) is 12.5. The minimum absolute atomic E-state index is 0.219. The minimum Gasteiger partial charge on any atom is -0.394 e. The number of carbonyl (C=O) groups excluding carboxylic acids is 1. The van der Waals surface area contributed by atoms with Gasteiger partial charge in [-0.25, -0.2) is 0 Å². The molecular formula is C45H81NO13. The van der Waals surface area contributed by atoms with E-state index in [4.69, 9.17) is 18.9 Å². The SMILES string of the molecule is CCCCCCCCCCCCCCCC/C=C/CC/C=C/CC/C=C/C(O)C(COC1OC(CO)C(OC2OC(CO)C(O)C(O)C2O)C(O)C1O)NC(=O)CCC. The first kappa shape index (κ1) is 53.3. The van der Waals surface area contributed by atoms with Crippen LogP contribution < -0.4 is 5.32 Å². The van der Waals surface area contributed by atoms with E-state index in [1.165, 1.54) is 89.9 Å². The highest BCUT2D eigenvalue weighted by molar-refractivity contribution is 5.76. The molecule has 0 aliphatic carbocycles. The standard InChI is InChI=1S/C45H81NO13/c1-3-5-6-7-8-9-10-11-12-13-14-15-16-17-18-19-20-21-22-23-24-25-26-27-29-34(49)33(46-37(50)28-4-2)32-56-44-42(55)40(53)43(36(31-48)58-44)59-45-41(54)39(52)38(51)35(30-47)57-45/h19-20,23-24,27,29,33-36,38-45,47-49,51-55H,3-18,21-22,25-26,28,30-32H2,1-2H3,(H,46,50)/b20-19+,24-23+,29-27+. The lowest BCUT2D eigenvalue weighted by molar-refractivity contribution is -0.359. The van der Waals surface area contributed by atoms with E-state index >= 15 is 0 Å². The van der Waals surface area contributed by atoms with Gasteiger partial charge >= 0.3 is 0 Å². The van der Waals surface area contributed by atoms with Gasteiger partial charge in [-0.1, -0.05) is 134 Å². The number of hydrogen-bond donors (Lipinski definition) is 9. The molecule has 344 valence electrons. The molecule has 2 rings (SSSR count). The van der Waals surface area contributed by atoms with E-state index < -0.39 is 86.8 Å². The van der Waals surface area contributed by atoms with Gasteiger partial charge in [0.15, 0.2) is 12.6 Å². The molecule has 9 N–H and O–H groups in total. The highest BCUT2D eigenvalue weighted by Crippen LogP contribution is 2.30. The molecule has 2 aliphatic rings. The fraction of sp³-hybridized carbons (Fsp3) is 0.844. The van der Waals surface area contributed by atoms with Gasteiger partial charge in [0.1, 0.15) is 48.8 Å². The summed E-state index contributed by atoms with van der Waals surface area (Å²) in [5.74, 6) is -0.309. The van der Waals surface area contributed by atoms with Crippen LogP contribution in [0.3, 0.4) is 0 Å². The summed E-state index contributed by atoms with van der Waals surface area (Å²) in [6.45, 7) is 2.36. The van der Waals surface area contributed by atoms with Crippen molar-refractivity contribution in [1.82, 2.24) is 5.32 Å². The topological polar surface area (TPSA) is 228 Å². The van der Waals surface area contributed by atoms with Crippen LogP contribution >= 0.6 is 0 Å². The van der Waals surface area contributed by atoms with Crippen LogP contribution in [0.15, 0.2) is 36.5 Å². The van der Waals surface area contributed by atoms with E-state index in [-0.39, 0.29) is 18.9 Å². The molecule has 0 aromatic heterocycles. The van der Waals surface area contributed by atoms with Gasteiger partial charge in [0, 0.05) is 6.42 Å². The van der Waals surface area contributed by atoms with Gasteiger partial charge in [-0.2, -0.15) is 0 Å². The average Bonchev–Trinajstić information content (AvgIpc) is 3.23. The second-order valence-corrected chi connectivity index (χ2v) is 16.2. The molecule has 14 heteroatoms. The number of nitrogens with one attached hydrogen (secondary N) is 1. The summed E-state index contributed by atoms with van der Waals surface area (Å²) in [7, 11) is 0. The molecule has 2 fully saturated rings. The second-order valence-electron chi connectivity index (χ2n) is 16.2. The zero-order valence-corrected chi connectivity index (χ0v) is 36.0. The Bertz CT molecular complexity index is 1140. The van der Waals surface area contributed by atoms with Crippen molar-refractivity contribution in [2.45, 2.75) is 222 Å². The smallest absolute Gasteiger partial charge is 0.220 e. The first-order valence-corrected chi connectivity index (χ1v) is 22.7. The Morgan fingerprint density at radius 1 is 0.593 bits per heavy atom. The van der Waals surface area contributed by atoms with Crippen molar-refractivity contribution in [3.63, 3.8) is 0 Å². The van der Waals surface area contributed by atoms with Crippen LogP contribution in [-0.4, -0.2) is 140 Å². The van der Waals surface area contributed by atoms with Crippen molar-refractivity contribution in [2.24, 2.45) is 0 Å². The Hall–Kier alpha value is -1.79. The number of allylic oxidation sites excluding steroid dienone is 5. The highest BCUT2D eigenvalue weighted by atomic mass is 16.7. The lowest BCUT2D eigenvalue weighted by atomic mass is 9.97. The van der Waals surface area contributed by atoms with Gasteiger partial charge in [-0.3, -0.25) is 4.79 Å². The first-order chi connectivity index (χ1) is 28.6. The Morgan fingerprint density at radius 3 is 1.63 bits per heavy atom. The number of hydrogen-bond acceptors (Lipinski definition) is 13. The van der Waals surface area contributed by atoms with Crippen molar-refractivity contribution in [3.8, 4) is 0 Å². The van der Waals surface area contributed by atoms with Gasteiger partial charge in [-0.15, -0.1) is 0 Å². The first-order valence-electron chi connectivity index (χ1n) is 22.7. The van der Waals surface area contributed by atoms with Gasteiger partial charge in [0.25, 0.3) is 0 Å². The van der Waals surface area contributed by atoms with E-state index in [0.29, 0.717) is 12.8 Å². The number of ether oxygens (including phenoxy) is 4. The van der Waals surface area contributed by atoms with Crippen molar-refractivity contribution < 1.29 is 64.6 Å². The zero-order chi connectivity index (χ0) is 43.3. The van der Waals surface area contributed by atoms with Crippen LogP contribution in [0, 0.1) is 0 Å². The van der Waals surface area contributed by atoms with Gasteiger partial charge in [0.2, 0.25) is 5.91 Å². The molecule has 0 radical (unpaired) electrons. The maximum Gasteiger partial charge on any atom is 0.220 e. The summed E-state index contributed by atoms with van der Waals surface area (Å²) in [5, 5.41) is 85.5. The Labute approximate surface area is 353 Å². The molecule has 1 amide bonds. The van der Waals surface area contributed by atoms with Crippen molar-refractivity contribution >= 4 is 5.91 Å². The Morgan fingerprint density at radius 2 is 1.08 bits per heavy atom. The van der Waals surface area contributed by atoms with Gasteiger partial charge in [-0.05, 0) is 44.9 Å². The third-order valence-electron chi connectivity index (χ3n) is 11.0. The molecule has 0 bridgehead atoms. The lowest BCUT2D eigenvalue weighted by Gasteiger charge is -2.46. The van der Waals surface area contributed by atoms with Crippen molar-refractivity contribution in [2.75, 3.05) is 19.8 Å². The normalized spacial score (nSPS) is 28.8. The predicted octanol–water partition coefficient (Wildman–Crippen LogP) is 4.37. The summed E-state index contributed by atoms with van der Waals surface area (Å²) < 4.78 is 22.3. The van der Waals surface area contributed by atoms with Gasteiger partial charge in [0.05, 0.1) is 32.0 Å². The number of aliphatic hydroxyl groups is 8. The summed E-state index contributed by atoms with van der Waals surface area (Å²) in [6.07, 6.45) is 19.7. The largest absolute Gasteiger partial charge is 0.394 e. The summed E-state index contributed by atoms with van der Waals surface area (Å²) >= 11 is 0. The zero-order valence-electron chi connectivity index (χ0n) is 36.0. The molecule has 12 unspecified atom stereocenters. The van der Waals surface area contributed by atoms with Gasteiger partial charge < -0.3 is 65.1 Å². The monoisotopic (exact) mass is 844 g/mol. The van der Waals surface area contributed by atoms with E-state index in [1.807, 2.05) is 13.0 Å². The molecule has 0 spiro atoms. The number of rotatable bonds is 33. The maximum absolute atomic E-state index is 12.5. The van der Waals surface area contributed by atoms with Crippen molar-refractivity contribution in [1.29, 1.82) is 0 Å².